The second kappa shape index (κ2) is 3.29. The third kappa shape index (κ3) is 1.57. The van der Waals surface area contributed by atoms with Crippen LogP contribution in [0.2, 0.25) is 0 Å². The minimum atomic E-state index is -0.532. The van der Waals surface area contributed by atoms with Gasteiger partial charge in [-0.05, 0) is 19.3 Å². The van der Waals surface area contributed by atoms with Gasteiger partial charge in [-0.2, -0.15) is 0 Å². The molecule has 13 heavy (non-hydrogen) atoms. The summed E-state index contributed by atoms with van der Waals surface area (Å²) in [5, 5.41) is 0. The lowest BCUT2D eigenvalue weighted by atomic mass is 9.94. The molecule has 2 rings (SSSR count). The first-order chi connectivity index (χ1) is 6.26. The van der Waals surface area contributed by atoms with E-state index in [-0.39, 0.29) is 12.1 Å². The van der Waals surface area contributed by atoms with Crippen molar-refractivity contribution in [2.75, 3.05) is 0 Å². The smallest absolute Gasteiger partial charge is 0.337 e. The molecule has 0 radical (unpaired) electrons. The van der Waals surface area contributed by atoms with E-state index >= 15 is 0 Å². The lowest BCUT2D eigenvalue weighted by Crippen LogP contribution is -2.33. The minimum absolute atomic E-state index is 0.163. The molecule has 1 saturated carbocycles. The Balaban J connectivity index is 2.05. The molecule has 1 spiro atoms. The monoisotopic (exact) mass is 184 g/mol. The van der Waals surface area contributed by atoms with E-state index in [9.17, 15) is 4.79 Å². The molecule has 0 N–H and O–H groups in total. The van der Waals surface area contributed by atoms with Crippen LogP contribution >= 0.6 is 0 Å². The van der Waals surface area contributed by atoms with Gasteiger partial charge < -0.3 is 9.47 Å². The molecular formula is C10H16O3. The van der Waals surface area contributed by atoms with Gasteiger partial charge in [0.2, 0.25) is 5.79 Å². The Kier molecular flexibility index (Phi) is 2.28. The van der Waals surface area contributed by atoms with Gasteiger partial charge in [0.25, 0.3) is 0 Å². The highest BCUT2D eigenvalue weighted by atomic mass is 16.8. The van der Waals surface area contributed by atoms with Gasteiger partial charge in [0.05, 0.1) is 0 Å². The Bertz CT molecular complexity index is 206. The van der Waals surface area contributed by atoms with Gasteiger partial charge in [-0.3, -0.25) is 0 Å². The summed E-state index contributed by atoms with van der Waals surface area (Å²) in [4.78, 5) is 11.3. The number of rotatable bonds is 1. The average Bonchev–Trinajstić information content (AvgIpc) is 2.44. The molecule has 2 aliphatic rings. The van der Waals surface area contributed by atoms with Crippen LogP contribution in [-0.2, 0) is 14.3 Å². The van der Waals surface area contributed by atoms with Crippen LogP contribution in [0.5, 0.6) is 0 Å². The number of hydrogen-bond donors (Lipinski definition) is 0. The number of hydrogen-bond acceptors (Lipinski definition) is 3. The van der Waals surface area contributed by atoms with Gasteiger partial charge in [-0.15, -0.1) is 0 Å². The molecule has 0 amide bonds. The molecule has 74 valence electrons. The minimum Gasteiger partial charge on any atom is -0.431 e. The van der Waals surface area contributed by atoms with Gasteiger partial charge in [-0.1, -0.05) is 13.3 Å². The highest BCUT2D eigenvalue weighted by Crippen LogP contribution is 2.38. The first kappa shape index (κ1) is 9.00. The Morgan fingerprint density at radius 2 is 2.08 bits per heavy atom. The van der Waals surface area contributed by atoms with Crippen LogP contribution in [0.25, 0.3) is 0 Å². The molecule has 1 aliphatic carbocycles. The van der Waals surface area contributed by atoms with Gasteiger partial charge in [-0.25, -0.2) is 4.79 Å². The fraction of sp³-hybridized carbons (Fsp3) is 0.900. The summed E-state index contributed by atoms with van der Waals surface area (Å²) in [6, 6.07) is 0. The summed E-state index contributed by atoms with van der Waals surface area (Å²) in [5.74, 6) is -0.694. The van der Waals surface area contributed by atoms with Crippen LogP contribution in [0.4, 0.5) is 0 Å². The zero-order valence-electron chi connectivity index (χ0n) is 8.04. The van der Waals surface area contributed by atoms with Gasteiger partial charge in [0, 0.05) is 12.8 Å². The number of carbonyl (C=O) groups excluding carboxylic acids is 1. The Labute approximate surface area is 78.4 Å². The summed E-state index contributed by atoms with van der Waals surface area (Å²) >= 11 is 0. The second-order valence-electron chi connectivity index (χ2n) is 3.91. The quantitative estimate of drug-likeness (QED) is 0.585. The molecule has 3 nitrogen and oxygen atoms in total. The second-order valence-corrected chi connectivity index (χ2v) is 3.91. The summed E-state index contributed by atoms with van der Waals surface area (Å²) in [6.07, 6.45) is 5.65. The van der Waals surface area contributed by atoms with Crippen molar-refractivity contribution in [3.05, 3.63) is 0 Å². The molecule has 3 heteroatoms. The molecule has 0 aromatic carbocycles. The lowest BCUT2D eigenvalue weighted by Gasteiger charge is -2.30. The highest BCUT2D eigenvalue weighted by Gasteiger charge is 2.47. The van der Waals surface area contributed by atoms with E-state index in [4.69, 9.17) is 9.47 Å². The zero-order chi connectivity index (χ0) is 9.31. The first-order valence-corrected chi connectivity index (χ1v) is 5.16. The van der Waals surface area contributed by atoms with E-state index in [0.717, 1.165) is 32.1 Å². The molecular weight excluding hydrogens is 168 g/mol. The van der Waals surface area contributed by atoms with Crippen molar-refractivity contribution in [1.29, 1.82) is 0 Å². The average molecular weight is 184 g/mol. The van der Waals surface area contributed by atoms with Gasteiger partial charge in [0.15, 0.2) is 6.10 Å². The van der Waals surface area contributed by atoms with E-state index in [2.05, 4.69) is 0 Å². The highest BCUT2D eigenvalue weighted by molar-refractivity contribution is 5.76. The summed E-state index contributed by atoms with van der Waals surface area (Å²) in [7, 11) is 0. The molecule has 1 atom stereocenters. The maximum absolute atomic E-state index is 11.3. The maximum atomic E-state index is 11.3. The van der Waals surface area contributed by atoms with E-state index in [1.54, 1.807) is 0 Å². The van der Waals surface area contributed by atoms with Crippen LogP contribution in [0.15, 0.2) is 0 Å². The number of carbonyl (C=O) groups is 1. The molecule has 0 bridgehead atoms. The van der Waals surface area contributed by atoms with Crippen molar-refractivity contribution >= 4 is 5.97 Å². The normalized spacial score (nSPS) is 32.1. The third-order valence-electron chi connectivity index (χ3n) is 2.89. The van der Waals surface area contributed by atoms with Crippen molar-refractivity contribution in [1.82, 2.24) is 0 Å². The predicted molar refractivity (Wildman–Crippen MR) is 47.1 cm³/mol. The standard InChI is InChI=1S/C10H16O3/c1-2-8-9(11)13-10(12-8)6-4-3-5-7-10/h8H,2-7H2,1H3/t8-/m1/s1. The summed E-state index contributed by atoms with van der Waals surface area (Å²) in [6.45, 7) is 1.95. The topological polar surface area (TPSA) is 35.5 Å². The Morgan fingerprint density at radius 3 is 2.62 bits per heavy atom. The van der Waals surface area contributed by atoms with Crippen molar-refractivity contribution in [2.24, 2.45) is 0 Å². The van der Waals surface area contributed by atoms with Crippen LogP contribution in [0, 0.1) is 0 Å². The van der Waals surface area contributed by atoms with Gasteiger partial charge >= 0.3 is 5.97 Å². The van der Waals surface area contributed by atoms with Crippen LogP contribution in [0.1, 0.15) is 45.4 Å². The SMILES string of the molecule is CC[C@H]1OC2(CCCCC2)OC1=O. The van der Waals surface area contributed by atoms with Crippen molar-refractivity contribution in [3.8, 4) is 0 Å². The molecule has 0 unspecified atom stereocenters. The van der Waals surface area contributed by atoms with E-state index < -0.39 is 5.79 Å². The van der Waals surface area contributed by atoms with Crippen LogP contribution in [0.3, 0.4) is 0 Å². The van der Waals surface area contributed by atoms with Crippen LogP contribution in [-0.4, -0.2) is 17.9 Å². The fourth-order valence-electron chi connectivity index (χ4n) is 2.14. The molecule has 1 saturated heterocycles. The molecule has 1 aliphatic heterocycles. The third-order valence-corrected chi connectivity index (χ3v) is 2.89. The van der Waals surface area contributed by atoms with Crippen LogP contribution < -0.4 is 0 Å². The number of ether oxygens (including phenoxy) is 2. The molecule has 1 heterocycles. The Morgan fingerprint density at radius 1 is 1.38 bits per heavy atom. The van der Waals surface area contributed by atoms with E-state index in [1.165, 1.54) is 6.42 Å². The fourth-order valence-corrected chi connectivity index (χ4v) is 2.14. The predicted octanol–water partition coefficient (Wildman–Crippen LogP) is 2.00. The molecule has 2 fully saturated rings. The van der Waals surface area contributed by atoms with E-state index in [1.807, 2.05) is 6.92 Å². The molecule has 0 aromatic heterocycles. The van der Waals surface area contributed by atoms with Gasteiger partial charge in [0.1, 0.15) is 0 Å². The molecule has 0 aromatic rings. The Hall–Kier alpha value is -0.570. The summed E-state index contributed by atoms with van der Waals surface area (Å²) in [5.41, 5.74) is 0. The zero-order valence-corrected chi connectivity index (χ0v) is 8.04. The maximum Gasteiger partial charge on any atom is 0.337 e. The van der Waals surface area contributed by atoms with E-state index in [0.29, 0.717) is 0 Å². The largest absolute Gasteiger partial charge is 0.431 e. The lowest BCUT2D eigenvalue weighted by molar-refractivity contribution is -0.191. The van der Waals surface area contributed by atoms with Crippen molar-refractivity contribution in [2.45, 2.75) is 57.3 Å². The number of esters is 1. The summed E-state index contributed by atoms with van der Waals surface area (Å²) < 4.78 is 11.0. The first-order valence-electron chi connectivity index (χ1n) is 5.16. The van der Waals surface area contributed by atoms with Crippen molar-refractivity contribution < 1.29 is 14.3 Å². The van der Waals surface area contributed by atoms with Crippen molar-refractivity contribution in [3.63, 3.8) is 0 Å².